The van der Waals surface area contributed by atoms with Gasteiger partial charge in [0.1, 0.15) is 11.4 Å². The first kappa shape index (κ1) is 13.8. The van der Waals surface area contributed by atoms with Gasteiger partial charge in [0.25, 0.3) is 0 Å². The molecule has 1 amide bonds. The Bertz CT molecular complexity index is 466. The van der Waals surface area contributed by atoms with E-state index < -0.39 is 11.7 Å². The van der Waals surface area contributed by atoms with Crippen LogP contribution in [-0.2, 0) is 4.74 Å². The molecule has 0 aliphatic rings. The topological polar surface area (TPSA) is 104 Å². The summed E-state index contributed by atoms with van der Waals surface area (Å²) in [5, 5.41) is 20.6. The second kappa shape index (κ2) is 5.35. The van der Waals surface area contributed by atoms with Gasteiger partial charge in [0.2, 0.25) is 0 Å². The number of nitrogens with one attached hydrogen (secondary N) is 1. The van der Waals surface area contributed by atoms with Gasteiger partial charge in [0.15, 0.2) is 11.6 Å². The van der Waals surface area contributed by atoms with E-state index in [1.807, 2.05) is 0 Å². The molecule has 98 valence electrons. The van der Waals surface area contributed by atoms with Crippen molar-refractivity contribution in [2.75, 3.05) is 0 Å². The molecule has 1 aromatic rings. The molecule has 7 nitrogen and oxygen atoms in total. The number of nitrogens with zero attached hydrogens (tertiary/aromatic N) is 2. The zero-order valence-corrected chi connectivity index (χ0v) is 10.3. The van der Waals surface area contributed by atoms with Crippen LogP contribution in [0.25, 0.3) is 0 Å². The van der Waals surface area contributed by atoms with Crippen LogP contribution in [0, 0.1) is 0 Å². The Morgan fingerprint density at radius 1 is 1.50 bits per heavy atom. The lowest BCUT2D eigenvalue weighted by molar-refractivity contribution is 0.0565. The molecule has 18 heavy (non-hydrogen) atoms. The molecule has 0 aliphatic carbocycles. The summed E-state index contributed by atoms with van der Waals surface area (Å²) in [5.41, 5.74) is -0.600. The van der Waals surface area contributed by atoms with E-state index in [-0.39, 0.29) is 17.3 Å². The Kier molecular flexibility index (Phi) is 4.09. The lowest BCUT2D eigenvalue weighted by Crippen LogP contribution is -2.31. The smallest absolute Gasteiger partial charge is 0.412 e. The van der Waals surface area contributed by atoms with Crippen LogP contribution in [-0.4, -0.2) is 33.2 Å². The number of ether oxygens (including phenoxy) is 1. The second-order valence-corrected chi connectivity index (χ2v) is 4.44. The highest BCUT2D eigenvalue weighted by atomic mass is 16.6. The third-order valence-electron chi connectivity index (χ3n) is 1.60. The highest BCUT2D eigenvalue weighted by Gasteiger charge is 2.15. The molecule has 1 aromatic heterocycles. The molecule has 0 fully saturated rings. The van der Waals surface area contributed by atoms with E-state index in [4.69, 9.17) is 9.84 Å². The molecular weight excluding hydrogens is 238 g/mol. The molecule has 0 unspecified atom stereocenters. The van der Waals surface area contributed by atoms with Crippen LogP contribution in [0.4, 0.5) is 10.6 Å². The molecule has 0 radical (unpaired) electrons. The van der Waals surface area contributed by atoms with Crippen molar-refractivity contribution in [2.24, 2.45) is 4.99 Å². The van der Waals surface area contributed by atoms with Gasteiger partial charge in [0.05, 0.1) is 12.5 Å². The molecular formula is C11H15N3O4. The largest absolute Gasteiger partial charge is 0.506 e. The van der Waals surface area contributed by atoms with Crippen LogP contribution < -0.4 is 5.32 Å². The number of hydrogen-bond donors (Lipinski definition) is 3. The van der Waals surface area contributed by atoms with E-state index in [2.05, 4.69) is 15.3 Å². The molecule has 0 aliphatic heterocycles. The van der Waals surface area contributed by atoms with Crippen molar-refractivity contribution in [1.82, 2.24) is 10.3 Å². The second-order valence-electron chi connectivity index (χ2n) is 4.44. The van der Waals surface area contributed by atoms with Crippen molar-refractivity contribution in [2.45, 2.75) is 26.4 Å². The maximum Gasteiger partial charge on any atom is 0.412 e. The van der Waals surface area contributed by atoms with Crippen LogP contribution in [0.1, 0.15) is 20.8 Å². The zero-order valence-electron chi connectivity index (χ0n) is 10.3. The van der Waals surface area contributed by atoms with E-state index in [1.54, 1.807) is 20.8 Å². The van der Waals surface area contributed by atoms with Gasteiger partial charge in [-0.3, -0.25) is 5.32 Å². The summed E-state index contributed by atoms with van der Waals surface area (Å²) < 4.78 is 4.96. The Morgan fingerprint density at radius 3 is 2.72 bits per heavy atom. The van der Waals surface area contributed by atoms with Crippen molar-refractivity contribution in [3.63, 3.8) is 0 Å². The number of carbonyl (C=O) groups is 1. The monoisotopic (exact) mass is 253 g/mol. The highest BCUT2D eigenvalue weighted by Crippen LogP contribution is 2.25. The van der Waals surface area contributed by atoms with Gasteiger partial charge < -0.3 is 14.9 Å². The molecule has 3 N–H and O–H groups in total. The molecule has 0 spiro atoms. The summed E-state index contributed by atoms with van der Waals surface area (Å²) in [7, 11) is 0. The molecule has 0 saturated carbocycles. The number of hydrogen-bond acceptors (Lipinski definition) is 6. The minimum atomic E-state index is -0.662. The van der Waals surface area contributed by atoms with Gasteiger partial charge >= 0.3 is 6.09 Å². The van der Waals surface area contributed by atoms with Gasteiger partial charge in [-0.1, -0.05) is 0 Å². The minimum Gasteiger partial charge on any atom is -0.506 e. The maximum atomic E-state index is 11.2. The van der Waals surface area contributed by atoms with Crippen LogP contribution in [0.2, 0.25) is 0 Å². The molecule has 0 saturated heterocycles. The fraction of sp³-hybridized carbons (Fsp3) is 0.364. The number of rotatable bonds is 2. The third kappa shape index (κ3) is 4.69. The Morgan fingerprint density at radius 2 is 2.17 bits per heavy atom. The number of amides is 1. The molecule has 0 atom stereocenters. The van der Waals surface area contributed by atoms with Crippen LogP contribution in [0.15, 0.2) is 17.3 Å². The van der Waals surface area contributed by atoms with Gasteiger partial charge in [-0.2, -0.15) is 0 Å². The Hall–Kier alpha value is -2.31. The van der Waals surface area contributed by atoms with Crippen molar-refractivity contribution < 1.29 is 19.7 Å². The standard InChI is InChI=1S/C11H15N3O4/c1-11(2,3)18-10(17)14-6-13-9-8(16)4-7(15)5-12-9/h4-6,15-16H,1-3H3,(H,12,13,14,17). The van der Waals surface area contributed by atoms with E-state index >= 15 is 0 Å². The SMILES string of the molecule is CC(C)(C)OC(=O)NC=Nc1ncc(O)cc1O. The van der Waals surface area contributed by atoms with Gasteiger partial charge in [-0.05, 0) is 20.8 Å². The van der Waals surface area contributed by atoms with Crippen LogP contribution in [0.5, 0.6) is 11.5 Å². The van der Waals surface area contributed by atoms with E-state index in [9.17, 15) is 9.90 Å². The normalized spacial score (nSPS) is 11.5. The predicted octanol–water partition coefficient (Wildman–Crippen LogP) is 1.68. The van der Waals surface area contributed by atoms with Gasteiger partial charge in [0, 0.05) is 6.07 Å². The predicted molar refractivity (Wildman–Crippen MR) is 65.1 cm³/mol. The van der Waals surface area contributed by atoms with Crippen LogP contribution >= 0.6 is 0 Å². The summed E-state index contributed by atoms with van der Waals surface area (Å²) in [4.78, 5) is 18.6. The minimum absolute atomic E-state index is 0.0242. The quantitative estimate of drug-likeness (QED) is 0.549. The van der Waals surface area contributed by atoms with Crippen molar-refractivity contribution in [3.8, 4) is 11.5 Å². The number of aliphatic imine (C=N–C) groups is 1. The first-order valence-corrected chi connectivity index (χ1v) is 5.18. The average molecular weight is 253 g/mol. The number of pyridine rings is 1. The summed E-state index contributed by atoms with van der Waals surface area (Å²) >= 11 is 0. The van der Waals surface area contributed by atoms with Gasteiger partial charge in [-0.25, -0.2) is 14.8 Å². The fourth-order valence-electron chi connectivity index (χ4n) is 0.988. The summed E-state index contributed by atoms with van der Waals surface area (Å²) in [5.74, 6) is -0.493. The molecule has 1 heterocycles. The van der Waals surface area contributed by atoms with Crippen molar-refractivity contribution in [3.05, 3.63) is 12.3 Å². The maximum absolute atomic E-state index is 11.2. The van der Waals surface area contributed by atoms with Crippen molar-refractivity contribution in [1.29, 1.82) is 0 Å². The van der Waals surface area contributed by atoms with E-state index in [0.29, 0.717) is 0 Å². The first-order valence-electron chi connectivity index (χ1n) is 5.18. The van der Waals surface area contributed by atoms with Crippen molar-refractivity contribution >= 4 is 18.2 Å². The number of carbonyl (C=O) groups excluding carboxylic acids is 1. The van der Waals surface area contributed by atoms with Crippen LogP contribution in [0.3, 0.4) is 0 Å². The average Bonchev–Trinajstić information content (AvgIpc) is 2.18. The molecule has 0 aromatic carbocycles. The Labute approximate surface area is 104 Å². The van der Waals surface area contributed by atoms with E-state index in [0.717, 1.165) is 18.6 Å². The molecule has 0 bridgehead atoms. The Balaban J connectivity index is 2.58. The summed E-state index contributed by atoms with van der Waals surface area (Å²) in [6.45, 7) is 5.20. The number of aromatic nitrogens is 1. The lowest BCUT2D eigenvalue weighted by Gasteiger charge is -2.18. The van der Waals surface area contributed by atoms with Gasteiger partial charge in [-0.15, -0.1) is 0 Å². The summed E-state index contributed by atoms with van der Waals surface area (Å²) in [6.07, 6.45) is 1.51. The lowest BCUT2D eigenvalue weighted by atomic mass is 10.2. The number of aromatic hydroxyl groups is 2. The molecule has 1 rings (SSSR count). The summed E-state index contributed by atoms with van der Waals surface area (Å²) in [6, 6.07) is 1.09. The number of alkyl carbamates (subject to hydrolysis) is 1. The highest BCUT2D eigenvalue weighted by molar-refractivity contribution is 5.83. The third-order valence-corrected chi connectivity index (χ3v) is 1.60. The first-order chi connectivity index (χ1) is 8.28. The van der Waals surface area contributed by atoms with E-state index in [1.165, 1.54) is 0 Å². The fourth-order valence-corrected chi connectivity index (χ4v) is 0.988. The molecule has 7 heteroatoms. The zero-order chi connectivity index (χ0) is 13.8.